The molecule has 0 amide bonds. The molecule has 1 aromatic carbocycles. The normalized spacial score (nSPS) is 10.2. The first-order valence-corrected chi connectivity index (χ1v) is 6.48. The summed E-state index contributed by atoms with van der Waals surface area (Å²) in [5.41, 5.74) is 3.49. The Balaban J connectivity index is 2.35. The van der Waals surface area contributed by atoms with E-state index < -0.39 is 0 Å². The van der Waals surface area contributed by atoms with Crippen molar-refractivity contribution in [3.05, 3.63) is 39.7 Å². The molecule has 1 aromatic heterocycles. The van der Waals surface area contributed by atoms with Gasteiger partial charge in [0, 0.05) is 10.4 Å². The Kier molecular flexibility index (Phi) is 3.55. The van der Waals surface area contributed by atoms with Gasteiger partial charge in [-0.3, -0.25) is 0 Å². The maximum atomic E-state index is 8.68. The van der Waals surface area contributed by atoms with Crippen molar-refractivity contribution in [3.8, 4) is 17.3 Å². The van der Waals surface area contributed by atoms with Crippen molar-refractivity contribution in [2.24, 2.45) is 0 Å². The van der Waals surface area contributed by atoms with Gasteiger partial charge in [0.15, 0.2) is 0 Å². The van der Waals surface area contributed by atoms with E-state index in [-0.39, 0.29) is 0 Å². The predicted octanol–water partition coefficient (Wildman–Crippen LogP) is 3.75. The van der Waals surface area contributed by atoms with Crippen LogP contribution in [0.3, 0.4) is 0 Å². The first-order chi connectivity index (χ1) is 8.24. The lowest BCUT2D eigenvalue weighted by atomic mass is 10.1. The van der Waals surface area contributed by atoms with Gasteiger partial charge in [0.1, 0.15) is 5.01 Å². The van der Waals surface area contributed by atoms with Crippen molar-refractivity contribution in [1.82, 2.24) is 4.98 Å². The van der Waals surface area contributed by atoms with Crippen LogP contribution < -0.4 is 0 Å². The van der Waals surface area contributed by atoms with Crippen molar-refractivity contribution in [2.75, 3.05) is 0 Å². The Morgan fingerprint density at radius 2 is 2.00 bits per heavy atom. The summed E-state index contributed by atoms with van der Waals surface area (Å²) in [7, 11) is 0. The van der Waals surface area contributed by atoms with E-state index in [2.05, 4.69) is 49.2 Å². The molecule has 0 saturated heterocycles. The second-order valence-electron chi connectivity index (χ2n) is 3.90. The molecule has 0 atom stereocenters. The summed E-state index contributed by atoms with van der Waals surface area (Å²) < 4.78 is 0. The third-order valence-corrected chi connectivity index (χ3v) is 3.68. The average Bonchev–Trinajstić information content (AvgIpc) is 2.71. The summed E-state index contributed by atoms with van der Waals surface area (Å²) >= 11 is 1.61. The molecular formula is C14H14N2S. The van der Waals surface area contributed by atoms with E-state index in [1.54, 1.807) is 11.3 Å². The van der Waals surface area contributed by atoms with Gasteiger partial charge in [-0.05, 0) is 18.9 Å². The molecule has 1 heterocycles. The van der Waals surface area contributed by atoms with E-state index in [4.69, 9.17) is 5.26 Å². The third kappa shape index (κ3) is 2.54. The van der Waals surface area contributed by atoms with Crippen molar-refractivity contribution < 1.29 is 0 Å². The van der Waals surface area contributed by atoms with Crippen molar-refractivity contribution in [2.45, 2.75) is 26.7 Å². The van der Waals surface area contributed by atoms with E-state index >= 15 is 0 Å². The molecular weight excluding hydrogens is 228 g/mol. The Morgan fingerprint density at radius 1 is 1.29 bits per heavy atom. The van der Waals surface area contributed by atoms with E-state index in [0.717, 1.165) is 22.7 Å². The lowest BCUT2D eigenvalue weighted by Gasteiger charge is -2.00. The number of rotatable bonds is 3. The third-order valence-electron chi connectivity index (χ3n) is 2.71. The number of hydrogen-bond donors (Lipinski definition) is 0. The maximum absolute atomic E-state index is 8.68. The fourth-order valence-electron chi connectivity index (χ4n) is 1.76. The van der Waals surface area contributed by atoms with E-state index in [1.165, 1.54) is 10.4 Å². The summed E-state index contributed by atoms with van der Waals surface area (Å²) in [4.78, 5) is 5.70. The molecule has 17 heavy (non-hydrogen) atoms. The van der Waals surface area contributed by atoms with E-state index in [9.17, 15) is 0 Å². The van der Waals surface area contributed by atoms with Gasteiger partial charge in [-0.2, -0.15) is 5.26 Å². The van der Waals surface area contributed by atoms with Gasteiger partial charge in [-0.25, -0.2) is 4.98 Å². The molecule has 2 rings (SSSR count). The lowest BCUT2D eigenvalue weighted by Crippen LogP contribution is -1.84. The molecule has 0 fully saturated rings. The van der Waals surface area contributed by atoms with E-state index in [1.807, 2.05) is 0 Å². The Morgan fingerprint density at radius 3 is 2.59 bits per heavy atom. The van der Waals surface area contributed by atoms with Gasteiger partial charge in [-0.15, -0.1) is 11.3 Å². The Bertz CT molecular complexity index is 547. The number of thiazole rings is 1. The highest BCUT2D eigenvalue weighted by atomic mass is 32.1. The monoisotopic (exact) mass is 242 g/mol. The summed E-state index contributed by atoms with van der Waals surface area (Å²) in [5, 5.41) is 9.58. The van der Waals surface area contributed by atoms with Gasteiger partial charge in [0.2, 0.25) is 0 Å². The van der Waals surface area contributed by atoms with Crippen LogP contribution in [0.5, 0.6) is 0 Å². The molecule has 0 radical (unpaired) electrons. The quantitative estimate of drug-likeness (QED) is 0.822. The van der Waals surface area contributed by atoms with Crippen molar-refractivity contribution >= 4 is 11.3 Å². The minimum Gasteiger partial charge on any atom is -0.240 e. The van der Waals surface area contributed by atoms with Gasteiger partial charge < -0.3 is 0 Å². The highest BCUT2D eigenvalue weighted by molar-refractivity contribution is 7.12. The van der Waals surface area contributed by atoms with Crippen LogP contribution in [0.15, 0.2) is 24.3 Å². The fourth-order valence-corrected chi connectivity index (χ4v) is 2.65. The molecule has 2 aromatic rings. The SMILES string of the molecule is CCc1ccc(-c2nc(CC#N)sc2C)cc1. The Labute approximate surface area is 106 Å². The van der Waals surface area contributed by atoms with Crippen LogP contribution in [0, 0.1) is 18.3 Å². The summed E-state index contributed by atoms with van der Waals surface area (Å²) in [6, 6.07) is 10.6. The molecule has 2 nitrogen and oxygen atoms in total. The minimum absolute atomic E-state index is 0.401. The molecule has 3 heteroatoms. The zero-order chi connectivity index (χ0) is 12.3. The highest BCUT2D eigenvalue weighted by Crippen LogP contribution is 2.27. The number of aryl methyl sites for hydroxylation is 2. The van der Waals surface area contributed by atoms with Crippen LogP contribution in [0.4, 0.5) is 0 Å². The molecule has 0 aliphatic rings. The number of benzene rings is 1. The molecule has 0 saturated carbocycles. The Hall–Kier alpha value is -1.66. The number of hydrogen-bond acceptors (Lipinski definition) is 3. The predicted molar refractivity (Wildman–Crippen MR) is 71.0 cm³/mol. The van der Waals surface area contributed by atoms with Gasteiger partial charge in [0.25, 0.3) is 0 Å². The maximum Gasteiger partial charge on any atom is 0.108 e. The summed E-state index contributed by atoms with van der Waals surface area (Å²) in [6.45, 7) is 4.20. The number of aromatic nitrogens is 1. The first kappa shape index (κ1) is 11.8. The average molecular weight is 242 g/mol. The van der Waals surface area contributed by atoms with Crippen LogP contribution in [-0.2, 0) is 12.8 Å². The topological polar surface area (TPSA) is 36.7 Å². The van der Waals surface area contributed by atoms with Crippen LogP contribution in [0.2, 0.25) is 0 Å². The second kappa shape index (κ2) is 5.11. The van der Waals surface area contributed by atoms with Gasteiger partial charge in [0.05, 0.1) is 18.2 Å². The van der Waals surface area contributed by atoms with Crippen LogP contribution >= 0.6 is 11.3 Å². The van der Waals surface area contributed by atoms with Crippen molar-refractivity contribution in [1.29, 1.82) is 5.26 Å². The number of nitrogens with zero attached hydrogens (tertiary/aromatic N) is 2. The minimum atomic E-state index is 0.401. The second-order valence-corrected chi connectivity index (χ2v) is 5.19. The molecule has 0 N–H and O–H groups in total. The zero-order valence-electron chi connectivity index (χ0n) is 10.0. The summed E-state index contributed by atoms with van der Waals surface area (Å²) in [5.74, 6) is 0. The summed E-state index contributed by atoms with van der Waals surface area (Å²) in [6.07, 6.45) is 1.45. The molecule has 0 aliphatic carbocycles. The van der Waals surface area contributed by atoms with Gasteiger partial charge >= 0.3 is 0 Å². The smallest absolute Gasteiger partial charge is 0.108 e. The fraction of sp³-hybridized carbons (Fsp3) is 0.286. The van der Waals surface area contributed by atoms with Gasteiger partial charge in [-0.1, -0.05) is 31.2 Å². The first-order valence-electron chi connectivity index (χ1n) is 5.67. The van der Waals surface area contributed by atoms with E-state index in [0.29, 0.717) is 6.42 Å². The van der Waals surface area contributed by atoms with Crippen LogP contribution in [0.1, 0.15) is 22.4 Å². The number of nitriles is 1. The molecule has 0 spiro atoms. The molecule has 0 bridgehead atoms. The highest BCUT2D eigenvalue weighted by Gasteiger charge is 2.09. The molecule has 0 aliphatic heterocycles. The zero-order valence-corrected chi connectivity index (χ0v) is 10.8. The van der Waals surface area contributed by atoms with Crippen LogP contribution in [0.25, 0.3) is 11.3 Å². The molecule has 86 valence electrons. The molecule has 0 unspecified atom stereocenters. The largest absolute Gasteiger partial charge is 0.240 e. The van der Waals surface area contributed by atoms with Crippen LogP contribution in [-0.4, -0.2) is 4.98 Å². The van der Waals surface area contributed by atoms with Crippen molar-refractivity contribution in [3.63, 3.8) is 0 Å². The lowest BCUT2D eigenvalue weighted by molar-refractivity contribution is 1.14. The standard InChI is InChI=1S/C14H14N2S/c1-3-11-4-6-12(7-5-11)14-10(2)17-13(16-14)8-9-15/h4-7H,3,8H2,1-2H3.